The molecule has 0 bridgehead atoms. The topological polar surface area (TPSA) is 37.8 Å². The minimum absolute atomic E-state index is 0.711. The van der Waals surface area contributed by atoms with E-state index in [1.807, 2.05) is 37.3 Å². The first kappa shape index (κ1) is 13.2. The lowest BCUT2D eigenvalue weighted by molar-refractivity contribution is 1.02. The maximum Gasteiger partial charge on any atom is 0.140 e. The Kier molecular flexibility index (Phi) is 4.84. The first-order valence-corrected chi connectivity index (χ1v) is 7.09. The Morgan fingerprint density at radius 3 is 2.89 bits per heavy atom. The Morgan fingerprint density at radius 2 is 2.11 bits per heavy atom. The van der Waals surface area contributed by atoms with Crippen molar-refractivity contribution in [3.05, 3.63) is 47.4 Å². The second-order valence-electron chi connectivity index (χ2n) is 3.61. The van der Waals surface area contributed by atoms with Crippen LogP contribution in [0.25, 0.3) is 0 Å². The van der Waals surface area contributed by atoms with Crippen LogP contribution in [0.3, 0.4) is 0 Å². The molecule has 5 heteroatoms. The fourth-order valence-corrected chi connectivity index (χ4v) is 2.56. The van der Waals surface area contributed by atoms with Crippen molar-refractivity contribution < 1.29 is 0 Å². The minimum atomic E-state index is 0.711. The quantitative estimate of drug-likeness (QED) is 0.844. The van der Waals surface area contributed by atoms with Gasteiger partial charge in [-0.25, -0.2) is 9.97 Å². The molecule has 18 heavy (non-hydrogen) atoms. The third-order valence-electron chi connectivity index (χ3n) is 2.26. The van der Waals surface area contributed by atoms with E-state index >= 15 is 0 Å². The van der Waals surface area contributed by atoms with Gasteiger partial charge in [0, 0.05) is 17.6 Å². The molecule has 0 amide bonds. The summed E-state index contributed by atoms with van der Waals surface area (Å²) in [4.78, 5) is 9.72. The number of aromatic nitrogens is 2. The first-order chi connectivity index (χ1) is 8.79. The lowest BCUT2D eigenvalue weighted by Crippen LogP contribution is -2.02. The van der Waals surface area contributed by atoms with Crippen LogP contribution in [0.5, 0.6) is 0 Å². The van der Waals surface area contributed by atoms with Crippen LogP contribution in [0.2, 0.25) is 5.02 Å². The maximum atomic E-state index is 6.10. The van der Waals surface area contributed by atoms with Gasteiger partial charge in [-0.05, 0) is 25.1 Å². The number of rotatable bonds is 5. The number of nitrogens with one attached hydrogen (secondary N) is 1. The van der Waals surface area contributed by atoms with E-state index in [0.29, 0.717) is 5.75 Å². The van der Waals surface area contributed by atoms with Gasteiger partial charge in [0.25, 0.3) is 0 Å². The summed E-state index contributed by atoms with van der Waals surface area (Å²) < 4.78 is 0. The molecule has 0 unspecified atom stereocenters. The molecule has 0 radical (unpaired) electrons. The molecule has 1 N–H and O–H groups in total. The normalized spacial score (nSPS) is 10.3. The highest BCUT2D eigenvalue weighted by atomic mass is 35.5. The summed E-state index contributed by atoms with van der Waals surface area (Å²) in [7, 11) is 0. The third kappa shape index (κ3) is 3.62. The second-order valence-corrected chi connectivity index (χ2v) is 5.03. The Balaban J connectivity index is 2.02. The van der Waals surface area contributed by atoms with E-state index in [-0.39, 0.29) is 0 Å². The summed E-state index contributed by atoms with van der Waals surface area (Å²) >= 11 is 7.74. The number of anilines is 1. The van der Waals surface area contributed by atoms with Gasteiger partial charge in [0.1, 0.15) is 11.6 Å². The lowest BCUT2D eigenvalue weighted by atomic mass is 10.4. The zero-order valence-electron chi connectivity index (χ0n) is 10.1. The fraction of sp³-hybridized carbons (Fsp3) is 0.231. The lowest BCUT2D eigenvalue weighted by Gasteiger charge is -2.05. The first-order valence-electron chi connectivity index (χ1n) is 5.72. The van der Waals surface area contributed by atoms with E-state index in [2.05, 4.69) is 15.3 Å². The van der Waals surface area contributed by atoms with Gasteiger partial charge in [-0.1, -0.05) is 23.7 Å². The molecule has 0 saturated carbocycles. The SMILES string of the molecule is CCNc1ccnc(CSc2ccccc2Cl)n1. The van der Waals surface area contributed by atoms with Crippen molar-refractivity contribution in [3.8, 4) is 0 Å². The number of hydrogen-bond acceptors (Lipinski definition) is 4. The predicted octanol–water partition coefficient (Wildman–Crippen LogP) is 3.85. The van der Waals surface area contributed by atoms with Crippen LogP contribution in [0, 0.1) is 0 Å². The molecule has 94 valence electrons. The largest absolute Gasteiger partial charge is 0.370 e. The van der Waals surface area contributed by atoms with Crippen LogP contribution < -0.4 is 5.32 Å². The van der Waals surface area contributed by atoms with Crippen molar-refractivity contribution in [1.82, 2.24) is 9.97 Å². The van der Waals surface area contributed by atoms with Gasteiger partial charge < -0.3 is 5.32 Å². The second kappa shape index (κ2) is 6.61. The molecular weight excluding hydrogens is 266 g/mol. The van der Waals surface area contributed by atoms with Gasteiger partial charge in [0.2, 0.25) is 0 Å². The van der Waals surface area contributed by atoms with E-state index in [9.17, 15) is 0 Å². The molecule has 0 atom stereocenters. The molecular formula is C13H14ClN3S. The predicted molar refractivity (Wildman–Crippen MR) is 77.2 cm³/mol. The van der Waals surface area contributed by atoms with Gasteiger partial charge >= 0.3 is 0 Å². The molecule has 1 heterocycles. The zero-order valence-corrected chi connectivity index (χ0v) is 11.6. The van der Waals surface area contributed by atoms with Crippen LogP contribution in [0.15, 0.2) is 41.4 Å². The van der Waals surface area contributed by atoms with E-state index < -0.39 is 0 Å². The molecule has 0 saturated heterocycles. The van der Waals surface area contributed by atoms with Crippen molar-refractivity contribution in [2.75, 3.05) is 11.9 Å². The van der Waals surface area contributed by atoms with E-state index in [4.69, 9.17) is 11.6 Å². The summed E-state index contributed by atoms with van der Waals surface area (Å²) in [6, 6.07) is 9.66. The van der Waals surface area contributed by atoms with E-state index in [1.165, 1.54) is 0 Å². The van der Waals surface area contributed by atoms with Gasteiger partial charge in [-0.3, -0.25) is 0 Å². The molecule has 1 aromatic carbocycles. The number of nitrogens with zero attached hydrogens (tertiary/aromatic N) is 2. The van der Waals surface area contributed by atoms with Crippen molar-refractivity contribution in [3.63, 3.8) is 0 Å². The third-order valence-corrected chi connectivity index (χ3v) is 3.77. The minimum Gasteiger partial charge on any atom is -0.370 e. The highest BCUT2D eigenvalue weighted by molar-refractivity contribution is 7.98. The van der Waals surface area contributed by atoms with Gasteiger partial charge in [0.05, 0.1) is 10.8 Å². The molecule has 1 aromatic heterocycles. The smallest absolute Gasteiger partial charge is 0.140 e. The van der Waals surface area contributed by atoms with Gasteiger partial charge in [0.15, 0.2) is 0 Å². The zero-order chi connectivity index (χ0) is 12.8. The van der Waals surface area contributed by atoms with Crippen LogP contribution >= 0.6 is 23.4 Å². The summed E-state index contributed by atoms with van der Waals surface area (Å²) in [5, 5.41) is 3.94. The number of thioether (sulfide) groups is 1. The summed E-state index contributed by atoms with van der Waals surface area (Å²) in [5.74, 6) is 2.38. The highest BCUT2D eigenvalue weighted by Crippen LogP contribution is 2.28. The average molecular weight is 280 g/mol. The Hall–Kier alpha value is -1.26. The maximum absolute atomic E-state index is 6.10. The number of halogens is 1. The van der Waals surface area contributed by atoms with Crippen LogP contribution in [0.4, 0.5) is 5.82 Å². The Morgan fingerprint density at radius 1 is 1.28 bits per heavy atom. The molecule has 0 spiro atoms. The van der Waals surface area contributed by atoms with E-state index in [1.54, 1.807) is 18.0 Å². The molecule has 0 aliphatic carbocycles. The fourth-order valence-electron chi connectivity index (χ4n) is 1.45. The number of hydrogen-bond donors (Lipinski definition) is 1. The molecule has 0 fully saturated rings. The van der Waals surface area contributed by atoms with Crippen LogP contribution in [0.1, 0.15) is 12.7 Å². The monoisotopic (exact) mass is 279 g/mol. The Bertz CT molecular complexity index is 519. The van der Waals surface area contributed by atoms with Crippen LogP contribution in [-0.2, 0) is 5.75 Å². The average Bonchev–Trinajstić information content (AvgIpc) is 2.39. The van der Waals surface area contributed by atoms with Crippen molar-refractivity contribution >= 4 is 29.2 Å². The number of benzene rings is 1. The van der Waals surface area contributed by atoms with Crippen molar-refractivity contribution in [1.29, 1.82) is 0 Å². The summed E-state index contributed by atoms with van der Waals surface area (Å²) in [5.41, 5.74) is 0. The summed E-state index contributed by atoms with van der Waals surface area (Å²) in [6.07, 6.45) is 1.77. The highest BCUT2D eigenvalue weighted by Gasteiger charge is 2.03. The summed E-state index contributed by atoms with van der Waals surface area (Å²) in [6.45, 7) is 2.90. The molecule has 0 aliphatic heterocycles. The van der Waals surface area contributed by atoms with Crippen molar-refractivity contribution in [2.45, 2.75) is 17.6 Å². The van der Waals surface area contributed by atoms with Gasteiger partial charge in [-0.15, -0.1) is 11.8 Å². The van der Waals surface area contributed by atoms with Crippen LogP contribution in [-0.4, -0.2) is 16.5 Å². The Labute approximate surface area is 116 Å². The standard InChI is InChI=1S/C13H14ClN3S/c1-2-15-12-7-8-16-13(17-12)9-18-11-6-4-3-5-10(11)14/h3-8H,2,9H2,1H3,(H,15,16,17). The van der Waals surface area contributed by atoms with Crippen molar-refractivity contribution in [2.24, 2.45) is 0 Å². The molecule has 0 aliphatic rings. The molecule has 3 nitrogen and oxygen atoms in total. The van der Waals surface area contributed by atoms with E-state index in [0.717, 1.165) is 28.1 Å². The molecule has 2 aromatic rings. The van der Waals surface area contributed by atoms with Gasteiger partial charge in [-0.2, -0.15) is 0 Å². The molecule has 2 rings (SSSR count).